The number of thiophene rings is 1. The molecule has 0 aromatic carbocycles. The van der Waals surface area contributed by atoms with Gasteiger partial charge in [0.15, 0.2) is 0 Å². The number of carbonyl (C=O) groups excluding carboxylic acids is 2. The summed E-state index contributed by atoms with van der Waals surface area (Å²) in [6.07, 6.45) is 0.908. The van der Waals surface area contributed by atoms with Gasteiger partial charge in [0, 0.05) is 4.88 Å². The smallest absolute Gasteiger partial charge is 0.328 e. The van der Waals surface area contributed by atoms with Gasteiger partial charge in [0.05, 0.1) is 11.5 Å². The molecule has 1 amide bonds. The van der Waals surface area contributed by atoms with Gasteiger partial charge in [0.2, 0.25) is 0 Å². The number of nitrogens with one attached hydrogen (secondary N) is 1. The van der Waals surface area contributed by atoms with Gasteiger partial charge >= 0.3 is 5.97 Å². The molecule has 0 aliphatic rings. The highest BCUT2D eigenvalue weighted by Crippen LogP contribution is 2.16. The van der Waals surface area contributed by atoms with Crippen molar-refractivity contribution in [1.82, 2.24) is 5.32 Å². The fraction of sp³-hybridized carbons (Fsp3) is 0.500. The Kier molecular flexibility index (Phi) is 5.15. The third kappa shape index (κ3) is 3.85. The Bertz CT molecular complexity index is 400. The molecule has 94 valence electrons. The van der Waals surface area contributed by atoms with E-state index in [1.165, 1.54) is 11.3 Å². The molecule has 5 heteroatoms. The number of aryl methyl sites for hydroxylation is 1. The molecule has 1 aromatic heterocycles. The Morgan fingerprint density at radius 1 is 1.41 bits per heavy atom. The highest BCUT2D eigenvalue weighted by molar-refractivity contribution is 7.14. The lowest BCUT2D eigenvalue weighted by atomic mass is 10.3. The zero-order chi connectivity index (χ0) is 12.8. The lowest BCUT2D eigenvalue weighted by Gasteiger charge is -2.11. The second kappa shape index (κ2) is 6.39. The van der Waals surface area contributed by atoms with E-state index in [4.69, 9.17) is 4.74 Å². The van der Waals surface area contributed by atoms with Crippen molar-refractivity contribution in [2.45, 2.75) is 33.2 Å². The second-order valence-electron chi connectivity index (χ2n) is 3.57. The van der Waals surface area contributed by atoms with Gasteiger partial charge in [0.1, 0.15) is 6.04 Å². The van der Waals surface area contributed by atoms with Gasteiger partial charge < -0.3 is 10.1 Å². The summed E-state index contributed by atoms with van der Waals surface area (Å²) in [6.45, 7) is 5.70. The third-order valence-corrected chi connectivity index (χ3v) is 3.45. The average molecular weight is 255 g/mol. The van der Waals surface area contributed by atoms with Crippen LogP contribution >= 0.6 is 11.3 Å². The van der Waals surface area contributed by atoms with E-state index in [9.17, 15) is 9.59 Å². The van der Waals surface area contributed by atoms with E-state index in [0.717, 1.165) is 11.3 Å². The first-order valence-corrected chi connectivity index (χ1v) is 6.46. The molecule has 4 nitrogen and oxygen atoms in total. The number of amides is 1. The SMILES string of the molecule is CCOC(=O)C(C)NC(=O)c1ccc(CC)s1. The molecule has 0 bridgehead atoms. The summed E-state index contributed by atoms with van der Waals surface area (Å²) in [4.78, 5) is 24.9. The van der Waals surface area contributed by atoms with Crippen LogP contribution in [0.25, 0.3) is 0 Å². The number of esters is 1. The second-order valence-corrected chi connectivity index (χ2v) is 4.74. The minimum atomic E-state index is -0.616. The van der Waals surface area contributed by atoms with E-state index >= 15 is 0 Å². The fourth-order valence-corrected chi connectivity index (χ4v) is 2.13. The lowest BCUT2D eigenvalue weighted by molar-refractivity contribution is -0.144. The Labute approximate surface area is 105 Å². The van der Waals surface area contributed by atoms with Crippen LogP contribution in [0.15, 0.2) is 12.1 Å². The molecule has 0 saturated carbocycles. The quantitative estimate of drug-likeness (QED) is 0.819. The van der Waals surface area contributed by atoms with E-state index < -0.39 is 12.0 Å². The normalized spacial score (nSPS) is 11.9. The van der Waals surface area contributed by atoms with Crippen LogP contribution < -0.4 is 5.32 Å². The van der Waals surface area contributed by atoms with Gasteiger partial charge in [-0.2, -0.15) is 0 Å². The van der Waals surface area contributed by atoms with Crippen molar-refractivity contribution in [1.29, 1.82) is 0 Å². The number of carbonyl (C=O) groups is 2. The molecular weight excluding hydrogens is 238 g/mol. The summed E-state index contributed by atoms with van der Waals surface area (Å²) in [5, 5.41) is 2.62. The molecule has 17 heavy (non-hydrogen) atoms. The Morgan fingerprint density at radius 3 is 2.65 bits per heavy atom. The largest absolute Gasteiger partial charge is 0.464 e. The highest BCUT2D eigenvalue weighted by atomic mass is 32.1. The average Bonchev–Trinajstić information content (AvgIpc) is 2.77. The molecule has 1 heterocycles. The summed E-state index contributed by atoms with van der Waals surface area (Å²) in [7, 11) is 0. The van der Waals surface area contributed by atoms with Crippen molar-refractivity contribution in [3.63, 3.8) is 0 Å². The van der Waals surface area contributed by atoms with Crippen LogP contribution in [0.1, 0.15) is 35.3 Å². The molecule has 0 spiro atoms. The molecule has 1 atom stereocenters. The number of hydrogen-bond acceptors (Lipinski definition) is 4. The van der Waals surface area contributed by atoms with Crippen LogP contribution in [0.2, 0.25) is 0 Å². The summed E-state index contributed by atoms with van der Waals surface area (Å²) in [5.41, 5.74) is 0. The number of ether oxygens (including phenoxy) is 1. The Balaban J connectivity index is 2.56. The molecular formula is C12H17NO3S. The zero-order valence-electron chi connectivity index (χ0n) is 10.3. The van der Waals surface area contributed by atoms with Gasteiger partial charge in [-0.3, -0.25) is 4.79 Å². The summed E-state index contributed by atoms with van der Waals surface area (Å²) in [6, 6.07) is 3.08. The maximum Gasteiger partial charge on any atom is 0.328 e. The van der Waals surface area contributed by atoms with E-state index in [-0.39, 0.29) is 5.91 Å². The van der Waals surface area contributed by atoms with Crippen LogP contribution in [0.5, 0.6) is 0 Å². The molecule has 0 aliphatic carbocycles. The van der Waals surface area contributed by atoms with Gasteiger partial charge in [-0.15, -0.1) is 11.3 Å². The standard InChI is InChI=1S/C12H17NO3S/c1-4-9-6-7-10(17-9)11(14)13-8(3)12(15)16-5-2/h6-8H,4-5H2,1-3H3,(H,13,14). The first kappa shape index (κ1) is 13.7. The molecule has 0 radical (unpaired) electrons. The van der Waals surface area contributed by atoms with Crippen molar-refractivity contribution in [2.24, 2.45) is 0 Å². The third-order valence-electron chi connectivity index (χ3n) is 2.22. The minimum absolute atomic E-state index is 0.227. The minimum Gasteiger partial charge on any atom is -0.464 e. The van der Waals surface area contributed by atoms with Gasteiger partial charge in [-0.05, 0) is 32.4 Å². The van der Waals surface area contributed by atoms with Crippen molar-refractivity contribution < 1.29 is 14.3 Å². The fourth-order valence-electron chi connectivity index (χ4n) is 1.28. The van der Waals surface area contributed by atoms with Crippen molar-refractivity contribution >= 4 is 23.2 Å². The van der Waals surface area contributed by atoms with E-state index in [0.29, 0.717) is 11.5 Å². The first-order valence-electron chi connectivity index (χ1n) is 5.64. The predicted molar refractivity (Wildman–Crippen MR) is 67.3 cm³/mol. The molecule has 1 N–H and O–H groups in total. The van der Waals surface area contributed by atoms with Crippen LogP contribution in [-0.2, 0) is 16.0 Å². The molecule has 1 aromatic rings. The highest BCUT2D eigenvalue weighted by Gasteiger charge is 2.18. The topological polar surface area (TPSA) is 55.4 Å². The molecule has 1 rings (SSSR count). The summed E-state index contributed by atoms with van der Waals surface area (Å²) < 4.78 is 4.82. The van der Waals surface area contributed by atoms with E-state index in [2.05, 4.69) is 5.32 Å². The molecule has 0 fully saturated rings. The zero-order valence-corrected chi connectivity index (χ0v) is 11.1. The molecule has 1 unspecified atom stereocenters. The van der Waals surface area contributed by atoms with Crippen LogP contribution in [0.3, 0.4) is 0 Å². The van der Waals surface area contributed by atoms with Crippen LogP contribution in [0.4, 0.5) is 0 Å². The van der Waals surface area contributed by atoms with Crippen LogP contribution in [-0.4, -0.2) is 24.5 Å². The van der Waals surface area contributed by atoms with E-state index in [1.54, 1.807) is 19.9 Å². The maximum atomic E-state index is 11.8. The number of rotatable bonds is 5. The maximum absolute atomic E-state index is 11.8. The van der Waals surface area contributed by atoms with E-state index in [1.807, 2.05) is 13.0 Å². The van der Waals surface area contributed by atoms with Crippen LogP contribution in [0, 0.1) is 0 Å². The van der Waals surface area contributed by atoms with Gasteiger partial charge in [-0.25, -0.2) is 4.79 Å². The predicted octanol–water partition coefficient (Wildman–Crippen LogP) is 1.99. The Hall–Kier alpha value is -1.36. The summed E-state index contributed by atoms with van der Waals surface area (Å²) >= 11 is 1.44. The molecule has 0 aliphatic heterocycles. The monoisotopic (exact) mass is 255 g/mol. The van der Waals surface area contributed by atoms with Crippen molar-refractivity contribution in [2.75, 3.05) is 6.61 Å². The molecule has 0 saturated heterocycles. The van der Waals surface area contributed by atoms with Gasteiger partial charge in [-0.1, -0.05) is 6.92 Å². The Morgan fingerprint density at radius 2 is 2.12 bits per heavy atom. The first-order chi connectivity index (χ1) is 8.08. The van der Waals surface area contributed by atoms with Crippen molar-refractivity contribution in [3.05, 3.63) is 21.9 Å². The van der Waals surface area contributed by atoms with Gasteiger partial charge in [0.25, 0.3) is 5.91 Å². The number of hydrogen-bond donors (Lipinski definition) is 1. The lowest BCUT2D eigenvalue weighted by Crippen LogP contribution is -2.39. The van der Waals surface area contributed by atoms with Crippen molar-refractivity contribution in [3.8, 4) is 0 Å². The summed E-state index contributed by atoms with van der Waals surface area (Å²) in [5.74, 6) is -0.636.